The quantitative estimate of drug-likeness (QED) is 0.757. The molecule has 0 amide bonds. The Hall–Kier alpha value is -2.47. The van der Waals surface area contributed by atoms with Gasteiger partial charge in [0.1, 0.15) is 0 Å². The van der Waals surface area contributed by atoms with Gasteiger partial charge in [-0.05, 0) is 30.7 Å². The Kier molecular flexibility index (Phi) is 4.29. The molecule has 6 heteroatoms. The number of aromatic nitrogens is 4. The average Bonchev–Trinajstić information content (AvgIpc) is 3.24. The minimum atomic E-state index is 0.204. The van der Waals surface area contributed by atoms with Crippen LogP contribution in [0.4, 0.5) is 0 Å². The van der Waals surface area contributed by atoms with E-state index in [-0.39, 0.29) is 6.04 Å². The number of hydrogen-bond acceptors (Lipinski definition) is 5. The van der Waals surface area contributed by atoms with Gasteiger partial charge >= 0.3 is 0 Å². The van der Waals surface area contributed by atoms with Gasteiger partial charge in [-0.3, -0.25) is 0 Å². The maximum atomic E-state index is 5.10. The third kappa shape index (κ3) is 3.23. The minimum absolute atomic E-state index is 0.204. The molecule has 1 N–H and O–H groups in total. The predicted octanol–water partition coefficient (Wildman–Crippen LogP) is 2.67. The van der Waals surface area contributed by atoms with E-state index in [1.807, 2.05) is 23.9 Å². The van der Waals surface area contributed by atoms with Crippen LogP contribution in [-0.2, 0) is 13.0 Å². The summed E-state index contributed by atoms with van der Waals surface area (Å²) in [5, 5.41) is 11.6. The lowest BCUT2D eigenvalue weighted by Gasteiger charge is -2.13. The molecule has 0 radical (unpaired) electrons. The lowest BCUT2D eigenvalue weighted by molar-refractivity contribution is 0.374. The van der Waals surface area contributed by atoms with E-state index in [0.717, 1.165) is 12.1 Å². The fourth-order valence-corrected chi connectivity index (χ4v) is 2.21. The highest BCUT2D eigenvalue weighted by atomic mass is 16.5. The van der Waals surface area contributed by atoms with E-state index in [9.17, 15) is 0 Å². The topological polar surface area (TPSA) is 68.8 Å². The third-order valence-corrected chi connectivity index (χ3v) is 3.54. The molecule has 0 aliphatic heterocycles. The highest BCUT2D eigenvalue weighted by molar-refractivity contribution is 5.34. The molecule has 0 aliphatic rings. The van der Waals surface area contributed by atoms with Gasteiger partial charge in [0.25, 0.3) is 0 Å². The first kappa shape index (κ1) is 14.5. The third-order valence-electron chi connectivity index (χ3n) is 3.54. The van der Waals surface area contributed by atoms with Gasteiger partial charge in [-0.25, -0.2) is 4.68 Å². The fraction of sp³-hybridized carbons (Fsp3) is 0.312. The first-order valence-electron chi connectivity index (χ1n) is 7.41. The van der Waals surface area contributed by atoms with Crippen molar-refractivity contribution in [1.82, 2.24) is 25.2 Å². The van der Waals surface area contributed by atoms with E-state index >= 15 is 0 Å². The Morgan fingerprint density at radius 3 is 2.73 bits per heavy atom. The second-order valence-electron chi connectivity index (χ2n) is 5.10. The molecule has 0 bridgehead atoms. The summed E-state index contributed by atoms with van der Waals surface area (Å²) in [6, 6.07) is 10.4. The van der Waals surface area contributed by atoms with Crippen molar-refractivity contribution in [2.24, 2.45) is 0 Å². The smallest absolute Gasteiger partial charge is 0.226 e. The van der Waals surface area contributed by atoms with Crippen LogP contribution < -0.4 is 5.32 Å². The molecule has 0 unspecified atom stereocenters. The van der Waals surface area contributed by atoms with Crippen LogP contribution in [0.25, 0.3) is 5.69 Å². The Morgan fingerprint density at radius 2 is 2.09 bits per heavy atom. The van der Waals surface area contributed by atoms with Crippen LogP contribution in [-0.4, -0.2) is 19.9 Å². The summed E-state index contributed by atoms with van der Waals surface area (Å²) in [6.45, 7) is 4.70. The molecule has 1 aromatic carbocycles. The van der Waals surface area contributed by atoms with Crippen LogP contribution in [0.1, 0.15) is 37.2 Å². The molecule has 2 heterocycles. The molecule has 2 aromatic heterocycles. The summed E-state index contributed by atoms with van der Waals surface area (Å²) in [5.74, 6) is 1.37. The molecule has 0 aliphatic carbocycles. The molecular formula is C16H19N5O. The van der Waals surface area contributed by atoms with E-state index in [0.29, 0.717) is 18.3 Å². The molecule has 22 heavy (non-hydrogen) atoms. The summed E-state index contributed by atoms with van der Waals surface area (Å²) in [4.78, 5) is 4.29. The second kappa shape index (κ2) is 6.53. The average molecular weight is 297 g/mol. The molecule has 3 aromatic rings. The summed E-state index contributed by atoms with van der Waals surface area (Å²) in [7, 11) is 0. The summed E-state index contributed by atoms with van der Waals surface area (Å²) >= 11 is 0. The van der Waals surface area contributed by atoms with Crippen LogP contribution in [0, 0.1) is 0 Å². The van der Waals surface area contributed by atoms with E-state index in [1.165, 1.54) is 5.56 Å². The molecule has 3 rings (SSSR count). The first-order valence-corrected chi connectivity index (χ1v) is 7.41. The minimum Gasteiger partial charge on any atom is -0.339 e. The summed E-state index contributed by atoms with van der Waals surface area (Å²) in [5.41, 5.74) is 2.25. The second-order valence-corrected chi connectivity index (χ2v) is 5.10. The van der Waals surface area contributed by atoms with Crippen molar-refractivity contribution in [3.05, 3.63) is 60.0 Å². The van der Waals surface area contributed by atoms with Crippen LogP contribution in [0.2, 0.25) is 0 Å². The van der Waals surface area contributed by atoms with Crippen molar-refractivity contribution < 1.29 is 4.52 Å². The number of rotatable bonds is 6. The molecule has 0 saturated heterocycles. The van der Waals surface area contributed by atoms with Gasteiger partial charge in [-0.2, -0.15) is 10.1 Å². The Bertz CT molecular complexity index is 702. The number of benzene rings is 1. The van der Waals surface area contributed by atoms with Gasteiger partial charge in [-0.15, -0.1) is 0 Å². The van der Waals surface area contributed by atoms with Gasteiger partial charge < -0.3 is 9.84 Å². The zero-order chi connectivity index (χ0) is 15.4. The lowest BCUT2D eigenvalue weighted by atomic mass is 10.1. The van der Waals surface area contributed by atoms with E-state index < -0.39 is 0 Å². The van der Waals surface area contributed by atoms with Gasteiger partial charge in [0.05, 0.1) is 12.2 Å². The Morgan fingerprint density at radius 1 is 1.27 bits per heavy atom. The van der Waals surface area contributed by atoms with Crippen molar-refractivity contribution in [2.45, 2.75) is 32.9 Å². The maximum Gasteiger partial charge on any atom is 0.226 e. The monoisotopic (exact) mass is 297 g/mol. The van der Waals surface area contributed by atoms with Gasteiger partial charge in [0.2, 0.25) is 5.89 Å². The molecular weight excluding hydrogens is 278 g/mol. The van der Waals surface area contributed by atoms with Crippen LogP contribution >= 0.6 is 0 Å². The number of nitrogens with zero attached hydrogens (tertiary/aromatic N) is 4. The van der Waals surface area contributed by atoms with Crippen molar-refractivity contribution in [2.75, 3.05) is 0 Å². The molecule has 6 nitrogen and oxygen atoms in total. The van der Waals surface area contributed by atoms with Crippen LogP contribution in [0.3, 0.4) is 0 Å². The fourth-order valence-electron chi connectivity index (χ4n) is 2.21. The highest BCUT2D eigenvalue weighted by Gasteiger charge is 2.08. The molecule has 0 spiro atoms. The van der Waals surface area contributed by atoms with Crippen molar-refractivity contribution in [3.63, 3.8) is 0 Å². The number of hydrogen-bond donors (Lipinski definition) is 1. The number of aryl methyl sites for hydroxylation is 1. The van der Waals surface area contributed by atoms with E-state index in [2.05, 4.69) is 51.7 Å². The van der Waals surface area contributed by atoms with Crippen molar-refractivity contribution >= 4 is 0 Å². The van der Waals surface area contributed by atoms with E-state index in [4.69, 9.17) is 4.52 Å². The van der Waals surface area contributed by atoms with Gasteiger partial charge in [0, 0.05) is 24.9 Å². The zero-order valence-electron chi connectivity index (χ0n) is 12.7. The van der Waals surface area contributed by atoms with E-state index in [1.54, 1.807) is 6.20 Å². The standard InChI is InChI=1S/C16H19N5O/c1-3-16-19-15(20-22-16)11-17-12(2)13-5-7-14(8-6-13)21-10-4-9-18-21/h4-10,12,17H,3,11H2,1-2H3/t12-/m1/s1. The Labute approximate surface area is 129 Å². The first-order chi connectivity index (χ1) is 10.8. The Balaban J connectivity index is 1.61. The van der Waals surface area contributed by atoms with Crippen LogP contribution in [0.5, 0.6) is 0 Å². The zero-order valence-corrected chi connectivity index (χ0v) is 12.7. The van der Waals surface area contributed by atoms with Crippen molar-refractivity contribution in [3.8, 4) is 5.69 Å². The van der Waals surface area contributed by atoms with Gasteiger partial charge in [0.15, 0.2) is 5.82 Å². The predicted molar refractivity (Wildman–Crippen MR) is 82.5 cm³/mol. The summed E-state index contributed by atoms with van der Waals surface area (Å²) < 4.78 is 6.94. The lowest BCUT2D eigenvalue weighted by Crippen LogP contribution is -2.18. The largest absolute Gasteiger partial charge is 0.339 e. The van der Waals surface area contributed by atoms with Gasteiger partial charge in [-0.1, -0.05) is 24.2 Å². The highest BCUT2D eigenvalue weighted by Crippen LogP contribution is 2.15. The molecule has 0 fully saturated rings. The molecule has 1 atom stereocenters. The normalized spacial score (nSPS) is 12.5. The molecule has 114 valence electrons. The maximum absolute atomic E-state index is 5.10. The number of nitrogens with one attached hydrogen (secondary N) is 1. The molecule has 0 saturated carbocycles. The van der Waals surface area contributed by atoms with Crippen LogP contribution in [0.15, 0.2) is 47.2 Å². The SMILES string of the molecule is CCc1nc(CN[C@H](C)c2ccc(-n3cccn3)cc2)no1. The summed E-state index contributed by atoms with van der Waals surface area (Å²) in [6.07, 6.45) is 4.46. The van der Waals surface area contributed by atoms with Crippen molar-refractivity contribution in [1.29, 1.82) is 0 Å².